The lowest BCUT2D eigenvalue weighted by molar-refractivity contribution is -0.123. The highest BCUT2D eigenvalue weighted by Gasteiger charge is 2.41. The Kier molecular flexibility index (Phi) is 8.77. The van der Waals surface area contributed by atoms with Gasteiger partial charge in [0.1, 0.15) is 6.23 Å². The Balaban J connectivity index is 1.06. The summed E-state index contributed by atoms with van der Waals surface area (Å²) in [6.07, 6.45) is 17.3. The maximum Gasteiger partial charge on any atom is 0.220 e. The van der Waals surface area contributed by atoms with E-state index < -0.39 is 0 Å². The molecule has 1 saturated carbocycles. The van der Waals surface area contributed by atoms with E-state index in [1.54, 1.807) is 0 Å². The number of nitrogens with one attached hydrogen (secondary N) is 3. The van der Waals surface area contributed by atoms with Gasteiger partial charge in [0.2, 0.25) is 5.91 Å². The number of nitrogens with zero attached hydrogens (tertiary/aromatic N) is 2. The molecule has 1 amide bonds. The minimum absolute atomic E-state index is 0.0555. The molecule has 5 N–H and O–H groups in total. The number of hydrogen-bond acceptors (Lipinski definition) is 7. The third-order valence-corrected chi connectivity index (χ3v) is 9.48. The summed E-state index contributed by atoms with van der Waals surface area (Å²) in [4.78, 5) is 22.9. The van der Waals surface area contributed by atoms with Crippen molar-refractivity contribution in [3.63, 3.8) is 0 Å². The molecule has 4 heterocycles. The topological polar surface area (TPSA) is 94.9 Å². The standard InChI is InChI=1S/C26H48N6O2/c27-24(33)20-11-16-32(17-12-20)23-18-21(10-13-28-23)25-29-26(34-30-25)22-9-5-15-31(22)14-4-8-19-6-2-1-3-7-19/h19-23,25-26,28-30H,1-18H2,(H2,27,33). The number of nitrogens with two attached hydrogens (primary N) is 1. The van der Waals surface area contributed by atoms with Gasteiger partial charge in [0.05, 0.1) is 18.4 Å². The SMILES string of the molecule is NC(=O)C1CCN(C2CC(C3NOC(C4CCCN4CCCC4CCCCC4)N3)CCN2)CC1. The van der Waals surface area contributed by atoms with Gasteiger partial charge in [-0.3, -0.25) is 24.7 Å². The van der Waals surface area contributed by atoms with E-state index in [4.69, 9.17) is 10.6 Å². The second-order valence-electron chi connectivity index (χ2n) is 11.7. The predicted octanol–water partition coefficient (Wildman–Crippen LogP) is 2.11. The Labute approximate surface area is 206 Å². The van der Waals surface area contributed by atoms with Crippen molar-refractivity contribution in [3.05, 3.63) is 0 Å². The Morgan fingerprint density at radius 2 is 1.79 bits per heavy atom. The van der Waals surface area contributed by atoms with Crippen molar-refractivity contribution in [2.45, 2.75) is 108 Å². The first-order valence-corrected chi connectivity index (χ1v) is 14.4. The number of rotatable bonds is 8. The lowest BCUT2D eigenvalue weighted by Gasteiger charge is -2.42. The Hall–Kier alpha value is -0.770. The van der Waals surface area contributed by atoms with E-state index in [0.717, 1.165) is 51.2 Å². The van der Waals surface area contributed by atoms with Crippen molar-refractivity contribution in [2.75, 3.05) is 32.7 Å². The average molecular weight is 477 g/mol. The monoisotopic (exact) mass is 476 g/mol. The van der Waals surface area contributed by atoms with Crippen molar-refractivity contribution in [3.8, 4) is 0 Å². The molecule has 1 aliphatic carbocycles. The van der Waals surface area contributed by atoms with Gasteiger partial charge < -0.3 is 11.1 Å². The van der Waals surface area contributed by atoms with Gasteiger partial charge in [-0.2, -0.15) is 5.48 Å². The maximum atomic E-state index is 11.5. The first-order chi connectivity index (χ1) is 16.7. The molecule has 0 radical (unpaired) electrons. The van der Waals surface area contributed by atoms with Crippen LogP contribution in [0.4, 0.5) is 0 Å². The zero-order valence-corrected chi connectivity index (χ0v) is 21.1. The van der Waals surface area contributed by atoms with Crippen LogP contribution < -0.4 is 21.8 Å². The summed E-state index contributed by atoms with van der Waals surface area (Å²) in [5.74, 6) is 1.45. The normalized spacial score (nSPS) is 37.4. The molecule has 4 saturated heterocycles. The van der Waals surface area contributed by atoms with Crippen molar-refractivity contribution >= 4 is 5.91 Å². The van der Waals surface area contributed by atoms with Crippen LogP contribution in [0.15, 0.2) is 0 Å². The predicted molar refractivity (Wildman–Crippen MR) is 133 cm³/mol. The van der Waals surface area contributed by atoms with E-state index in [-0.39, 0.29) is 24.2 Å². The molecule has 8 heteroatoms. The molecule has 5 rings (SSSR count). The lowest BCUT2D eigenvalue weighted by Crippen LogP contribution is -2.56. The summed E-state index contributed by atoms with van der Waals surface area (Å²) >= 11 is 0. The molecule has 5 fully saturated rings. The van der Waals surface area contributed by atoms with Gasteiger partial charge >= 0.3 is 0 Å². The van der Waals surface area contributed by atoms with Crippen molar-refractivity contribution in [2.24, 2.45) is 23.5 Å². The van der Waals surface area contributed by atoms with Crippen LogP contribution in [0.1, 0.15) is 83.5 Å². The van der Waals surface area contributed by atoms with E-state index in [1.807, 2.05) is 0 Å². The minimum Gasteiger partial charge on any atom is -0.369 e. The highest BCUT2D eigenvalue weighted by Crippen LogP contribution is 2.30. The summed E-state index contributed by atoms with van der Waals surface area (Å²) < 4.78 is 0. The van der Waals surface area contributed by atoms with Crippen LogP contribution in [0, 0.1) is 17.8 Å². The zero-order chi connectivity index (χ0) is 23.3. The lowest BCUT2D eigenvalue weighted by atomic mass is 9.86. The first-order valence-electron chi connectivity index (χ1n) is 14.4. The smallest absolute Gasteiger partial charge is 0.220 e. The zero-order valence-electron chi connectivity index (χ0n) is 21.1. The third-order valence-electron chi connectivity index (χ3n) is 9.48. The molecule has 0 spiro atoms. The average Bonchev–Trinajstić information content (AvgIpc) is 3.55. The number of amides is 1. The molecule has 5 aliphatic rings. The molecule has 0 aromatic rings. The van der Waals surface area contributed by atoms with Gasteiger partial charge in [-0.1, -0.05) is 32.1 Å². The Bertz CT molecular complexity index is 651. The van der Waals surface area contributed by atoms with E-state index in [1.165, 1.54) is 70.9 Å². The Morgan fingerprint density at radius 3 is 2.59 bits per heavy atom. The Morgan fingerprint density at radius 1 is 0.971 bits per heavy atom. The van der Waals surface area contributed by atoms with Crippen molar-refractivity contribution in [1.82, 2.24) is 25.9 Å². The summed E-state index contributed by atoms with van der Waals surface area (Å²) in [6, 6.07) is 0.495. The molecule has 0 bridgehead atoms. The van der Waals surface area contributed by atoms with Crippen LogP contribution >= 0.6 is 0 Å². The van der Waals surface area contributed by atoms with Crippen LogP contribution in [0.3, 0.4) is 0 Å². The summed E-state index contributed by atoms with van der Waals surface area (Å²) in [6.45, 7) is 5.40. The first kappa shape index (κ1) is 24.9. The van der Waals surface area contributed by atoms with Gasteiger partial charge in [0.15, 0.2) is 0 Å². The van der Waals surface area contributed by atoms with Crippen LogP contribution in [-0.4, -0.2) is 73.0 Å². The van der Waals surface area contributed by atoms with Crippen LogP contribution in [0.5, 0.6) is 0 Å². The minimum atomic E-state index is -0.133. The van der Waals surface area contributed by atoms with Gasteiger partial charge in [-0.05, 0) is 82.8 Å². The number of likely N-dealkylation sites (tertiary alicyclic amines) is 2. The highest BCUT2D eigenvalue weighted by atomic mass is 16.7. The van der Waals surface area contributed by atoms with Gasteiger partial charge in [0, 0.05) is 19.0 Å². The largest absolute Gasteiger partial charge is 0.369 e. The number of primary amides is 1. The second-order valence-corrected chi connectivity index (χ2v) is 11.7. The number of piperidine rings is 2. The van der Waals surface area contributed by atoms with Gasteiger partial charge in [0.25, 0.3) is 0 Å². The van der Waals surface area contributed by atoms with E-state index in [9.17, 15) is 4.79 Å². The number of carbonyl (C=O) groups is 1. The fourth-order valence-electron chi connectivity index (χ4n) is 7.34. The van der Waals surface area contributed by atoms with E-state index >= 15 is 0 Å². The molecular weight excluding hydrogens is 428 g/mol. The summed E-state index contributed by atoms with van der Waals surface area (Å²) in [5, 5.41) is 7.55. The molecular formula is C26H48N6O2. The van der Waals surface area contributed by atoms with Crippen molar-refractivity contribution < 1.29 is 9.63 Å². The molecule has 194 valence electrons. The number of carbonyl (C=O) groups excluding carboxylic acids is 1. The maximum absolute atomic E-state index is 11.5. The number of hydroxylamine groups is 1. The van der Waals surface area contributed by atoms with Crippen molar-refractivity contribution in [1.29, 1.82) is 0 Å². The van der Waals surface area contributed by atoms with Gasteiger partial charge in [-0.15, -0.1) is 0 Å². The highest BCUT2D eigenvalue weighted by molar-refractivity contribution is 5.76. The summed E-state index contributed by atoms with van der Waals surface area (Å²) in [5.41, 5.74) is 8.91. The molecule has 0 aromatic heterocycles. The van der Waals surface area contributed by atoms with E-state index in [2.05, 4.69) is 25.9 Å². The molecule has 8 nitrogen and oxygen atoms in total. The fraction of sp³-hybridized carbons (Fsp3) is 0.962. The summed E-state index contributed by atoms with van der Waals surface area (Å²) in [7, 11) is 0. The van der Waals surface area contributed by atoms with E-state index in [0.29, 0.717) is 18.1 Å². The van der Waals surface area contributed by atoms with Crippen LogP contribution in [0.25, 0.3) is 0 Å². The van der Waals surface area contributed by atoms with Gasteiger partial charge in [-0.25, -0.2) is 0 Å². The number of hydrogen-bond donors (Lipinski definition) is 4. The molecule has 4 aliphatic heterocycles. The molecule has 5 atom stereocenters. The molecule has 5 unspecified atom stereocenters. The quantitative estimate of drug-likeness (QED) is 0.426. The fourth-order valence-corrected chi connectivity index (χ4v) is 7.34. The third kappa shape index (κ3) is 6.13. The molecule has 34 heavy (non-hydrogen) atoms. The van der Waals surface area contributed by atoms with Crippen LogP contribution in [-0.2, 0) is 9.63 Å². The second kappa shape index (κ2) is 12.0. The van der Waals surface area contributed by atoms with Crippen LogP contribution in [0.2, 0.25) is 0 Å². The molecule has 0 aromatic carbocycles.